The van der Waals surface area contributed by atoms with Gasteiger partial charge in [-0.05, 0) is 26.7 Å². The van der Waals surface area contributed by atoms with Crippen molar-refractivity contribution >= 4 is 5.82 Å². The number of rotatable bonds is 5. The van der Waals surface area contributed by atoms with Crippen molar-refractivity contribution in [3.05, 3.63) is 12.3 Å². The van der Waals surface area contributed by atoms with Crippen LogP contribution in [0.25, 0.3) is 0 Å². The second kappa shape index (κ2) is 4.60. The summed E-state index contributed by atoms with van der Waals surface area (Å²) in [7, 11) is 1.84. The summed E-state index contributed by atoms with van der Waals surface area (Å²) in [5, 5.41) is 2.99. The molecule has 0 saturated heterocycles. The van der Waals surface area contributed by atoms with Crippen LogP contribution < -0.4 is 14.8 Å². The largest absolute Gasteiger partial charge is 0.487 e. The molecular formula is C12H18N2O2. The third-order valence-corrected chi connectivity index (χ3v) is 2.27. The average molecular weight is 222 g/mol. The first kappa shape index (κ1) is 11.0. The Morgan fingerprint density at radius 1 is 1.38 bits per heavy atom. The van der Waals surface area contributed by atoms with Crippen LogP contribution in [-0.2, 0) is 0 Å². The smallest absolute Gasteiger partial charge is 0.180 e. The van der Waals surface area contributed by atoms with Gasteiger partial charge >= 0.3 is 0 Å². The molecular weight excluding hydrogens is 204 g/mol. The van der Waals surface area contributed by atoms with E-state index in [0.717, 1.165) is 30.2 Å². The number of hydrogen-bond donors (Lipinski definition) is 1. The Balaban J connectivity index is 2.18. The molecule has 0 unspecified atom stereocenters. The maximum Gasteiger partial charge on any atom is 0.180 e. The third-order valence-electron chi connectivity index (χ3n) is 2.27. The number of aromatic nitrogens is 1. The summed E-state index contributed by atoms with van der Waals surface area (Å²) in [6.45, 7) is 4.00. The Morgan fingerprint density at radius 2 is 2.12 bits per heavy atom. The van der Waals surface area contributed by atoms with Crippen molar-refractivity contribution in [3.63, 3.8) is 0 Å². The van der Waals surface area contributed by atoms with Gasteiger partial charge in [0.2, 0.25) is 0 Å². The van der Waals surface area contributed by atoms with Gasteiger partial charge in [0.1, 0.15) is 5.82 Å². The lowest BCUT2D eigenvalue weighted by atomic mass is 10.3. The maximum absolute atomic E-state index is 5.74. The summed E-state index contributed by atoms with van der Waals surface area (Å²) in [4.78, 5) is 4.23. The Hall–Kier alpha value is -1.45. The maximum atomic E-state index is 5.74. The summed E-state index contributed by atoms with van der Waals surface area (Å²) in [5.41, 5.74) is 0. The lowest BCUT2D eigenvalue weighted by molar-refractivity contribution is 0.217. The molecule has 1 saturated carbocycles. The summed E-state index contributed by atoms with van der Waals surface area (Å²) < 4.78 is 11.5. The lowest BCUT2D eigenvalue weighted by Gasteiger charge is -2.15. The van der Waals surface area contributed by atoms with Crippen LogP contribution in [0.5, 0.6) is 11.5 Å². The van der Waals surface area contributed by atoms with Gasteiger partial charge in [-0.25, -0.2) is 4.98 Å². The van der Waals surface area contributed by atoms with E-state index in [9.17, 15) is 0 Å². The molecule has 1 aliphatic carbocycles. The quantitative estimate of drug-likeness (QED) is 0.831. The topological polar surface area (TPSA) is 43.4 Å². The Labute approximate surface area is 96.0 Å². The number of ether oxygens (including phenoxy) is 2. The van der Waals surface area contributed by atoms with Crippen molar-refractivity contribution in [2.24, 2.45) is 0 Å². The number of hydrogen-bond acceptors (Lipinski definition) is 4. The lowest BCUT2D eigenvalue weighted by Crippen LogP contribution is -2.09. The Kier molecular flexibility index (Phi) is 3.17. The van der Waals surface area contributed by atoms with Crippen LogP contribution in [0.1, 0.15) is 26.7 Å². The van der Waals surface area contributed by atoms with Crippen LogP contribution >= 0.6 is 0 Å². The van der Waals surface area contributed by atoms with Gasteiger partial charge in [-0.15, -0.1) is 0 Å². The molecule has 1 N–H and O–H groups in total. The van der Waals surface area contributed by atoms with Crippen molar-refractivity contribution in [1.82, 2.24) is 4.98 Å². The SMILES string of the molecule is CNc1cc(OC(C)C)c(OC2CC2)cn1. The first-order chi connectivity index (χ1) is 7.69. The molecule has 0 spiro atoms. The van der Waals surface area contributed by atoms with Crippen LogP contribution in [-0.4, -0.2) is 24.2 Å². The van der Waals surface area contributed by atoms with Gasteiger partial charge in [-0.2, -0.15) is 0 Å². The van der Waals surface area contributed by atoms with E-state index in [-0.39, 0.29) is 6.10 Å². The highest BCUT2D eigenvalue weighted by atomic mass is 16.5. The highest BCUT2D eigenvalue weighted by molar-refractivity contribution is 5.48. The predicted molar refractivity (Wildman–Crippen MR) is 63.2 cm³/mol. The number of nitrogens with one attached hydrogen (secondary N) is 1. The summed E-state index contributed by atoms with van der Waals surface area (Å²) in [6.07, 6.45) is 4.48. The first-order valence-electron chi connectivity index (χ1n) is 5.70. The molecule has 1 fully saturated rings. The molecule has 1 aromatic heterocycles. The fraction of sp³-hybridized carbons (Fsp3) is 0.583. The standard InChI is InChI=1S/C12H18N2O2/c1-8(2)15-10-6-12(13-3)14-7-11(10)16-9-4-5-9/h6-9H,4-5H2,1-3H3,(H,13,14). The van der Waals surface area contributed by atoms with E-state index in [0.29, 0.717) is 6.10 Å². The van der Waals surface area contributed by atoms with Gasteiger partial charge in [-0.1, -0.05) is 0 Å². The molecule has 0 aliphatic heterocycles. The second-order valence-corrected chi connectivity index (χ2v) is 4.25. The average Bonchev–Trinajstić information content (AvgIpc) is 3.03. The van der Waals surface area contributed by atoms with Crippen LogP contribution in [0.3, 0.4) is 0 Å². The highest BCUT2D eigenvalue weighted by Gasteiger charge is 2.25. The van der Waals surface area contributed by atoms with Gasteiger partial charge in [0, 0.05) is 13.1 Å². The normalized spacial score (nSPS) is 15.0. The van der Waals surface area contributed by atoms with Crippen LogP contribution in [0.15, 0.2) is 12.3 Å². The van der Waals surface area contributed by atoms with Crippen molar-refractivity contribution in [3.8, 4) is 11.5 Å². The number of nitrogens with zero attached hydrogens (tertiary/aromatic N) is 1. The third kappa shape index (κ3) is 2.78. The molecule has 2 rings (SSSR count). The van der Waals surface area contributed by atoms with Gasteiger partial charge in [-0.3, -0.25) is 0 Å². The fourth-order valence-electron chi connectivity index (χ4n) is 1.36. The zero-order valence-electron chi connectivity index (χ0n) is 9.99. The summed E-state index contributed by atoms with van der Waals surface area (Å²) >= 11 is 0. The van der Waals surface area contributed by atoms with Gasteiger partial charge < -0.3 is 14.8 Å². The van der Waals surface area contributed by atoms with E-state index in [1.807, 2.05) is 27.0 Å². The minimum absolute atomic E-state index is 0.133. The Bertz CT molecular complexity index is 362. The fourth-order valence-corrected chi connectivity index (χ4v) is 1.36. The molecule has 0 amide bonds. The van der Waals surface area contributed by atoms with Crippen molar-refractivity contribution < 1.29 is 9.47 Å². The molecule has 1 aromatic rings. The molecule has 1 heterocycles. The molecule has 4 nitrogen and oxygen atoms in total. The summed E-state index contributed by atoms with van der Waals surface area (Å²) in [6, 6.07) is 1.87. The zero-order valence-corrected chi connectivity index (χ0v) is 9.99. The van der Waals surface area contributed by atoms with E-state index in [1.165, 1.54) is 0 Å². The molecule has 88 valence electrons. The van der Waals surface area contributed by atoms with Crippen molar-refractivity contribution in [2.75, 3.05) is 12.4 Å². The number of pyridine rings is 1. The van der Waals surface area contributed by atoms with Crippen LogP contribution in [0.4, 0.5) is 5.82 Å². The van der Waals surface area contributed by atoms with E-state index in [1.54, 1.807) is 6.20 Å². The molecule has 0 atom stereocenters. The van der Waals surface area contributed by atoms with Gasteiger partial charge in [0.25, 0.3) is 0 Å². The second-order valence-electron chi connectivity index (χ2n) is 4.25. The minimum Gasteiger partial charge on any atom is -0.487 e. The van der Waals surface area contributed by atoms with E-state index in [4.69, 9.17) is 9.47 Å². The molecule has 16 heavy (non-hydrogen) atoms. The van der Waals surface area contributed by atoms with Crippen LogP contribution in [0.2, 0.25) is 0 Å². The molecule has 4 heteroatoms. The van der Waals surface area contributed by atoms with Crippen molar-refractivity contribution in [2.45, 2.75) is 38.9 Å². The predicted octanol–water partition coefficient (Wildman–Crippen LogP) is 2.45. The molecule has 1 aliphatic rings. The molecule has 0 radical (unpaired) electrons. The van der Waals surface area contributed by atoms with E-state index >= 15 is 0 Å². The Morgan fingerprint density at radius 3 is 2.69 bits per heavy atom. The van der Waals surface area contributed by atoms with Gasteiger partial charge in [0.15, 0.2) is 11.5 Å². The van der Waals surface area contributed by atoms with Crippen LogP contribution in [0, 0.1) is 0 Å². The zero-order chi connectivity index (χ0) is 11.5. The first-order valence-corrected chi connectivity index (χ1v) is 5.70. The minimum atomic E-state index is 0.133. The van der Waals surface area contributed by atoms with E-state index in [2.05, 4.69) is 10.3 Å². The summed E-state index contributed by atoms with van der Waals surface area (Å²) in [5.74, 6) is 2.30. The monoisotopic (exact) mass is 222 g/mol. The molecule has 0 bridgehead atoms. The van der Waals surface area contributed by atoms with E-state index < -0.39 is 0 Å². The van der Waals surface area contributed by atoms with Gasteiger partial charge in [0.05, 0.1) is 18.4 Å². The van der Waals surface area contributed by atoms with Crippen molar-refractivity contribution in [1.29, 1.82) is 0 Å². The molecule has 0 aromatic carbocycles. The number of anilines is 1. The highest BCUT2D eigenvalue weighted by Crippen LogP contribution is 2.34.